The van der Waals surface area contributed by atoms with Gasteiger partial charge in [-0.2, -0.15) is 5.10 Å². The van der Waals surface area contributed by atoms with Gasteiger partial charge in [0.1, 0.15) is 0 Å². The number of rotatable bonds is 2. The Morgan fingerprint density at radius 2 is 1.55 bits per heavy atom. The number of nitrogens with zero attached hydrogens (tertiary/aromatic N) is 2. The molecule has 0 atom stereocenters. The van der Waals surface area contributed by atoms with Crippen molar-refractivity contribution in [1.29, 1.82) is 0 Å². The Bertz CT molecular complexity index is 751. The Balaban J connectivity index is 2.18. The lowest BCUT2D eigenvalue weighted by atomic mass is 10.1. The summed E-state index contributed by atoms with van der Waals surface area (Å²) >= 11 is 0. The number of aromatic hydroxyl groups is 3. The van der Waals surface area contributed by atoms with Gasteiger partial charge in [-0.3, -0.25) is 0 Å². The minimum atomic E-state index is -0.539. The molecule has 3 rings (SSSR count). The molecular weight excluding hydrogens is 256 g/mol. The largest absolute Gasteiger partial charge is 0.504 e. The zero-order valence-corrected chi connectivity index (χ0v) is 10.4. The van der Waals surface area contributed by atoms with Gasteiger partial charge in [0.15, 0.2) is 11.5 Å². The van der Waals surface area contributed by atoms with Gasteiger partial charge in [-0.15, -0.1) is 0 Å². The average Bonchev–Trinajstić information content (AvgIpc) is 2.95. The first kappa shape index (κ1) is 12.1. The molecule has 0 saturated heterocycles. The van der Waals surface area contributed by atoms with Gasteiger partial charge in [-0.1, -0.05) is 18.2 Å². The zero-order chi connectivity index (χ0) is 14.1. The summed E-state index contributed by atoms with van der Waals surface area (Å²) in [5.41, 5.74) is 1.84. The molecule has 0 aliphatic carbocycles. The summed E-state index contributed by atoms with van der Waals surface area (Å²) < 4.78 is 1.64. The van der Waals surface area contributed by atoms with Crippen molar-refractivity contribution in [3.63, 3.8) is 0 Å². The first-order valence-electron chi connectivity index (χ1n) is 6.02. The van der Waals surface area contributed by atoms with E-state index < -0.39 is 5.75 Å². The summed E-state index contributed by atoms with van der Waals surface area (Å²) in [5.74, 6) is -1.27. The van der Waals surface area contributed by atoms with Crippen LogP contribution >= 0.6 is 0 Å². The monoisotopic (exact) mass is 268 g/mol. The number of phenolic OH excluding ortho intramolecular Hbond substituents is 3. The lowest BCUT2D eigenvalue weighted by Gasteiger charge is -2.10. The van der Waals surface area contributed by atoms with Gasteiger partial charge in [0.25, 0.3) is 0 Å². The first-order valence-corrected chi connectivity index (χ1v) is 6.02. The smallest absolute Gasteiger partial charge is 0.200 e. The molecule has 0 fully saturated rings. The van der Waals surface area contributed by atoms with Crippen LogP contribution in [0.25, 0.3) is 16.9 Å². The van der Waals surface area contributed by atoms with Crippen LogP contribution in [-0.4, -0.2) is 25.1 Å². The van der Waals surface area contributed by atoms with Gasteiger partial charge in [0, 0.05) is 5.56 Å². The number of phenols is 3. The van der Waals surface area contributed by atoms with E-state index in [1.807, 2.05) is 30.3 Å². The van der Waals surface area contributed by atoms with E-state index in [9.17, 15) is 15.3 Å². The second-order valence-corrected chi connectivity index (χ2v) is 4.29. The number of hydrogen-bond acceptors (Lipinski definition) is 4. The highest BCUT2D eigenvalue weighted by atomic mass is 16.3. The molecule has 0 bridgehead atoms. The molecule has 3 N–H and O–H groups in total. The number of benzene rings is 2. The summed E-state index contributed by atoms with van der Waals surface area (Å²) in [5, 5.41) is 33.2. The molecule has 0 aliphatic rings. The third-order valence-electron chi connectivity index (χ3n) is 3.05. The lowest BCUT2D eigenvalue weighted by Crippen LogP contribution is -1.98. The van der Waals surface area contributed by atoms with Crippen molar-refractivity contribution in [2.45, 2.75) is 0 Å². The maximum atomic E-state index is 9.97. The summed E-state index contributed by atoms with van der Waals surface area (Å²) in [6.07, 6.45) is 1.60. The van der Waals surface area contributed by atoms with Gasteiger partial charge in [-0.05, 0) is 30.3 Å². The third-order valence-corrected chi connectivity index (χ3v) is 3.05. The van der Waals surface area contributed by atoms with Crippen LogP contribution in [0.3, 0.4) is 0 Å². The standard InChI is InChI=1S/C15H12N2O3/c18-13-7-6-11(14(19)15(13)20)12-8-9-16-17(12)10-4-2-1-3-5-10/h1-9,18-20H. The molecule has 0 aliphatic heterocycles. The van der Waals surface area contributed by atoms with Crippen LogP contribution in [0.1, 0.15) is 0 Å². The maximum absolute atomic E-state index is 9.97. The van der Waals surface area contributed by atoms with Gasteiger partial charge in [0.05, 0.1) is 17.6 Å². The van der Waals surface area contributed by atoms with Crippen LogP contribution in [0, 0.1) is 0 Å². The van der Waals surface area contributed by atoms with E-state index in [4.69, 9.17) is 0 Å². The molecule has 5 heteroatoms. The first-order chi connectivity index (χ1) is 9.68. The minimum absolute atomic E-state index is 0.364. The van der Waals surface area contributed by atoms with Crippen LogP contribution in [0.4, 0.5) is 0 Å². The van der Waals surface area contributed by atoms with E-state index in [0.717, 1.165) is 5.69 Å². The van der Waals surface area contributed by atoms with Gasteiger partial charge >= 0.3 is 0 Å². The molecule has 3 aromatic rings. The minimum Gasteiger partial charge on any atom is -0.504 e. The van der Waals surface area contributed by atoms with Gasteiger partial charge in [0.2, 0.25) is 5.75 Å². The fourth-order valence-electron chi connectivity index (χ4n) is 2.06. The van der Waals surface area contributed by atoms with Crippen LogP contribution in [-0.2, 0) is 0 Å². The Morgan fingerprint density at radius 1 is 0.800 bits per heavy atom. The van der Waals surface area contributed by atoms with Crippen molar-refractivity contribution >= 4 is 0 Å². The van der Waals surface area contributed by atoms with E-state index in [-0.39, 0.29) is 11.5 Å². The SMILES string of the molecule is Oc1ccc(-c2ccnn2-c2ccccc2)c(O)c1O. The highest BCUT2D eigenvalue weighted by Gasteiger charge is 2.16. The summed E-state index contributed by atoms with van der Waals surface area (Å²) in [6, 6.07) is 14.0. The van der Waals surface area contributed by atoms with Crippen LogP contribution < -0.4 is 0 Å². The summed E-state index contributed by atoms with van der Waals surface area (Å²) in [6.45, 7) is 0. The van der Waals surface area contributed by atoms with Crippen molar-refractivity contribution < 1.29 is 15.3 Å². The summed E-state index contributed by atoms with van der Waals surface area (Å²) in [7, 11) is 0. The highest BCUT2D eigenvalue weighted by Crippen LogP contribution is 2.42. The van der Waals surface area contributed by atoms with Crippen molar-refractivity contribution in [3.05, 3.63) is 54.7 Å². The maximum Gasteiger partial charge on any atom is 0.200 e. The Hall–Kier alpha value is -2.95. The van der Waals surface area contributed by atoms with Gasteiger partial charge in [-0.25, -0.2) is 4.68 Å². The molecule has 20 heavy (non-hydrogen) atoms. The van der Waals surface area contributed by atoms with Crippen LogP contribution in [0.2, 0.25) is 0 Å². The Kier molecular flexibility index (Phi) is 2.80. The van der Waals surface area contributed by atoms with E-state index in [1.165, 1.54) is 12.1 Å². The third kappa shape index (κ3) is 1.85. The molecule has 0 amide bonds. The average molecular weight is 268 g/mol. The fraction of sp³-hybridized carbons (Fsp3) is 0. The molecular formula is C15H12N2O3. The van der Waals surface area contributed by atoms with E-state index in [2.05, 4.69) is 5.10 Å². The van der Waals surface area contributed by atoms with Crippen LogP contribution in [0.5, 0.6) is 17.2 Å². The molecule has 1 aromatic heterocycles. The Labute approximate surface area is 115 Å². The second-order valence-electron chi connectivity index (χ2n) is 4.29. The lowest BCUT2D eigenvalue weighted by molar-refractivity contribution is 0.369. The molecule has 5 nitrogen and oxygen atoms in total. The molecule has 2 aromatic carbocycles. The molecule has 1 heterocycles. The predicted octanol–water partition coefficient (Wildman–Crippen LogP) is 2.66. The van der Waals surface area contributed by atoms with Gasteiger partial charge < -0.3 is 15.3 Å². The molecule has 0 unspecified atom stereocenters. The molecule has 0 radical (unpaired) electrons. The highest BCUT2D eigenvalue weighted by molar-refractivity contribution is 5.74. The summed E-state index contributed by atoms with van der Waals surface area (Å²) in [4.78, 5) is 0. The topological polar surface area (TPSA) is 78.5 Å². The van der Waals surface area contributed by atoms with Crippen molar-refractivity contribution in [3.8, 4) is 34.2 Å². The molecule has 0 spiro atoms. The normalized spacial score (nSPS) is 10.6. The number of hydrogen-bond donors (Lipinski definition) is 3. The van der Waals surface area contributed by atoms with E-state index in [1.54, 1.807) is 16.9 Å². The number of aromatic nitrogens is 2. The second kappa shape index (κ2) is 4.62. The van der Waals surface area contributed by atoms with E-state index in [0.29, 0.717) is 11.3 Å². The predicted molar refractivity (Wildman–Crippen MR) is 74.0 cm³/mol. The number of para-hydroxylation sites is 1. The van der Waals surface area contributed by atoms with E-state index >= 15 is 0 Å². The Morgan fingerprint density at radius 3 is 2.30 bits per heavy atom. The van der Waals surface area contributed by atoms with Crippen molar-refractivity contribution in [2.75, 3.05) is 0 Å². The molecule has 100 valence electrons. The molecule has 0 saturated carbocycles. The quantitative estimate of drug-likeness (QED) is 0.624. The fourth-order valence-corrected chi connectivity index (χ4v) is 2.06. The van der Waals surface area contributed by atoms with Crippen molar-refractivity contribution in [2.24, 2.45) is 0 Å². The van der Waals surface area contributed by atoms with Crippen LogP contribution in [0.15, 0.2) is 54.7 Å². The zero-order valence-electron chi connectivity index (χ0n) is 10.4. The van der Waals surface area contributed by atoms with Crippen molar-refractivity contribution in [1.82, 2.24) is 9.78 Å².